The Hall–Kier alpha value is -1.56. The third-order valence-electron chi connectivity index (χ3n) is 1.24. The molecule has 0 unspecified atom stereocenters. The first-order chi connectivity index (χ1) is 6.24. The number of hydrogen-bond donors (Lipinski definition) is 1. The molecule has 0 saturated heterocycles. The van der Waals surface area contributed by atoms with E-state index in [1.54, 1.807) is 0 Å². The topological polar surface area (TPSA) is 81.8 Å². The molecule has 1 rings (SSSR count). The van der Waals surface area contributed by atoms with Crippen molar-refractivity contribution < 1.29 is 23.9 Å². The summed E-state index contributed by atoms with van der Waals surface area (Å²) in [6.45, 7) is 0.720. The van der Waals surface area contributed by atoms with Crippen LogP contribution in [0.4, 0.5) is 0 Å². The number of carbonyl (C=O) groups is 1. The molecular weight excluding hydrogens is 178 g/mol. The minimum Gasteiger partial charge on any atom is -0.475 e. The molecule has 0 aromatic carbocycles. The fraction of sp³-hybridized carbons (Fsp3) is 0.429. The van der Waals surface area contributed by atoms with Crippen molar-refractivity contribution in [1.82, 2.24) is 5.16 Å². The molecule has 1 heterocycles. The molecule has 6 heteroatoms. The maximum Gasteiger partial charge on any atom is 0.374 e. The molecule has 1 aromatic heterocycles. The van der Waals surface area contributed by atoms with Crippen molar-refractivity contribution in [3.63, 3.8) is 0 Å². The van der Waals surface area contributed by atoms with Gasteiger partial charge in [-0.3, -0.25) is 0 Å². The summed E-state index contributed by atoms with van der Waals surface area (Å²) < 4.78 is 14.1. The van der Waals surface area contributed by atoms with Gasteiger partial charge in [0, 0.05) is 7.11 Å². The van der Waals surface area contributed by atoms with Crippen LogP contribution in [0.1, 0.15) is 10.6 Å². The highest BCUT2D eigenvalue weighted by Gasteiger charge is 2.11. The monoisotopic (exact) mass is 187 g/mol. The first kappa shape index (κ1) is 9.53. The van der Waals surface area contributed by atoms with Crippen molar-refractivity contribution in [2.45, 2.75) is 0 Å². The van der Waals surface area contributed by atoms with Crippen LogP contribution in [0.15, 0.2) is 10.6 Å². The van der Waals surface area contributed by atoms with E-state index in [4.69, 9.17) is 14.6 Å². The van der Waals surface area contributed by atoms with Crippen molar-refractivity contribution in [3.05, 3.63) is 11.8 Å². The molecule has 0 saturated carbocycles. The number of hydrogen-bond acceptors (Lipinski definition) is 5. The van der Waals surface area contributed by atoms with Crippen LogP contribution in [0.25, 0.3) is 0 Å². The summed E-state index contributed by atoms with van der Waals surface area (Å²) >= 11 is 0. The fourth-order valence-electron chi connectivity index (χ4n) is 0.657. The lowest BCUT2D eigenvalue weighted by Gasteiger charge is -1.98. The molecule has 0 aliphatic heterocycles. The quantitative estimate of drug-likeness (QED) is 0.672. The van der Waals surface area contributed by atoms with Gasteiger partial charge >= 0.3 is 5.97 Å². The minimum absolute atomic E-state index is 0.148. The van der Waals surface area contributed by atoms with Gasteiger partial charge in [-0.1, -0.05) is 0 Å². The van der Waals surface area contributed by atoms with Crippen molar-refractivity contribution in [2.75, 3.05) is 20.3 Å². The predicted octanol–water partition coefficient (Wildman–Crippen LogP) is 0.398. The molecule has 6 nitrogen and oxygen atoms in total. The Bertz CT molecular complexity index is 282. The lowest BCUT2D eigenvalue weighted by atomic mass is 10.5. The summed E-state index contributed by atoms with van der Waals surface area (Å²) in [5.74, 6) is -1.27. The first-order valence-electron chi connectivity index (χ1n) is 3.56. The maximum absolute atomic E-state index is 10.3. The van der Waals surface area contributed by atoms with Gasteiger partial charge in [0.15, 0.2) is 0 Å². The summed E-state index contributed by atoms with van der Waals surface area (Å²) in [6.07, 6.45) is 0. The Labute approximate surface area is 74.0 Å². The zero-order chi connectivity index (χ0) is 9.68. The Balaban J connectivity index is 2.44. The van der Waals surface area contributed by atoms with Crippen LogP contribution in [0.3, 0.4) is 0 Å². The smallest absolute Gasteiger partial charge is 0.374 e. The third-order valence-corrected chi connectivity index (χ3v) is 1.24. The van der Waals surface area contributed by atoms with Gasteiger partial charge in [0.25, 0.3) is 5.88 Å². The van der Waals surface area contributed by atoms with Gasteiger partial charge in [-0.05, 0) is 5.16 Å². The zero-order valence-electron chi connectivity index (χ0n) is 7.02. The number of carboxylic acid groups (broad SMARTS) is 1. The Kier molecular flexibility index (Phi) is 3.27. The van der Waals surface area contributed by atoms with Crippen LogP contribution in [0.5, 0.6) is 5.88 Å². The van der Waals surface area contributed by atoms with E-state index in [0.29, 0.717) is 13.2 Å². The second kappa shape index (κ2) is 4.46. The molecule has 13 heavy (non-hydrogen) atoms. The maximum atomic E-state index is 10.3. The number of ether oxygens (including phenoxy) is 2. The van der Waals surface area contributed by atoms with E-state index in [9.17, 15) is 4.79 Å². The summed E-state index contributed by atoms with van der Waals surface area (Å²) in [4.78, 5) is 10.3. The Morgan fingerprint density at radius 3 is 3.00 bits per heavy atom. The van der Waals surface area contributed by atoms with Crippen LogP contribution in [-0.4, -0.2) is 36.6 Å². The largest absolute Gasteiger partial charge is 0.475 e. The van der Waals surface area contributed by atoms with E-state index in [2.05, 4.69) is 9.68 Å². The van der Waals surface area contributed by atoms with Crippen LogP contribution >= 0.6 is 0 Å². The third kappa shape index (κ3) is 2.75. The zero-order valence-corrected chi connectivity index (χ0v) is 7.02. The summed E-state index contributed by atoms with van der Waals surface area (Å²) in [6, 6.07) is 1.21. The van der Waals surface area contributed by atoms with E-state index < -0.39 is 5.97 Å². The molecule has 1 N–H and O–H groups in total. The number of nitrogens with zero attached hydrogens (tertiary/aromatic N) is 1. The molecule has 0 atom stereocenters. The van der Waals surface area contributed by atoms with E-state index in [1.165, 1.54) is 13.2 Å². The standard InChI is InChI=1S/C7H9NO5/c1-11-2-3-12-6-4-5(7(9)10)13-8-6/h4H,2-3H2,1H3,(H,9,10). The Morgan fingerprint density at radius 2 is 2.46 bits per heavy atom. The highest BCUT2D eigenvalue weighted by atomic mass is 16.6. The lowest BCUT2D eigenvalue weighted by molar-refractivity contribution is 0.0651. The molecule has 0 spiro atoms. The number of carboxylic acids is 1. The van der Waals surface area contributed by atoms with Crippen molar-refractivity contribution in [2.24, 2.45) is 0 Å². The molecular formula is C7H9NO5. The van der Waals surface area contributed by atoms with Crippen LogP contribution < -0.4 is 4.74 Å². The highest BCUT2D eigenvalue weighted by molar-refractivity contribution is 5.84. The average molecular weight is 187 g/mol. The molecule has 0 radical (unpaired) electrons. The predicted molar refractivity (Wildman–Crippen MR) is 40.8 cm³/mol. The summed E-state index contributed by atoms with van der Waals surface area (Å²) in [7, 11) is 1.54. The number of aromatic carboxylic acids is 1. The van der Waals surface area contributed by atoms with E-state index in [0.717, 1.165) is 0 Å². The van der Waals surface area contributed by atoms with Crippen LogP contribution in [-0.2, 0) is 4.74 Å². The van der Waals surface area contributed by atoms with Gasteiger partial charge in [0.05, 0.1) is 12.7 Å². The van der Waals surface area contributed by atoms with Crippen molar-refractivity contribution in [1.29, 1.82) is 0 Å². The molecule has 72 valence electrons. The number of methoxy groups -OCH3 is 1. The lowest BCUT2D eigenvalue weighted by Crippen LogP contribution is -2.04. The second-order valence-corrected chi connectivity index (χ2v) is 2.18. The van der Waals surface area contributed by atoms with Crippen LogP contribution in [0, 0.1) is 0 Å². The summed E-state index contributed by atoms with van der Waals surface area (Å²) in [5, 5.41) is 11.8. The first-order valence-corrected chi connectivity index (χ1v) is 3.56. The van der Waals surface area contributed by atoms with Gasteiger partial charge in [-0.25, -0.2) is 4.79 Å². The van der Waals surface area contributed by atoms with Crippen molar-refractivity contribution in [3.8, 4) is 5.88 Å². The van der Waals surface area contributed by atoms with Gasteiger partial charge in [0.2, 0.25) is 5.76 Å². The molecule has 0 aliphatic carbocycles. The van der Waals surface area contributed by atoms with E-state index in [-0.39, 0.29) is 11.6 Å². The van der Waals surface area contributed by atoms with Crippen molar-refractivity contribution >= 4 is 5.97 Å². The SMILES string of the molecule is COCCOc1cc(C(=O)O)on1. The highest BCUT2D eigenvalue weighted by Crippen LogP contribution is 2.10. The molecule has 0 bridgehead atoms. The second-order valence-electron chi connectivity index (χ2n) is 2.18. The molecule has 0 aliphatic rings. The normalized spacial score (nSPS) is 9.92. The Morgan fingerprint density at radius 1 is 1.69 bits per heavy atom. The molecule has 1 aromatic rings. The van der Waals surface area contributed by atoms with Gasteiger partial charge in [0.1, 0.15) is 6.61 Å². The number of rotatable bonds is 5. The van der Waals surface area contributed by atoms with Crippen LogP contribution in [0.2, 0.25) is 0 Å². The number of aromatic nitrogens is 1. The molecule has 0 amide bonds. The van der Waals surface area contributed by atoms with Gasteiger partial charge in [-0.15, -0.1) is 0 Å². The molecule has 0 fully saturated rings. The minimum atomic E-state index is -1.17. The van der Waals surface area contributed by atoms with E-state index in [1.807, 2.05) is 0 Å². The fourth-order valence-corrected chi connectivity index (χ4v) is 0.657. The average Bonchev–Trinajstić information content (AvgIpc) is 2.53. The van der Waals surface area contributed by atoms with Gasteiger partial charge in [-0.2, -0.15) is 0 Å². The summed E-state index contributed by atoms with van der Waals surface area (Å²) in [5.41, 5.74) is 0. The van der Waals surface area contributed by atoms with E-state index >= 15 is 0 Å². The van der Waals surface area contributed by atoms with Gasteiger partial charge < -0.3 is 19.1 Å².